The van der Waals surface area contributed by atoms with Crippen molar-refractivity contribution >= 4 is 5.82 Å². The summed E-state index contributed by atoms with van der Waals surface area (Å²) in [5.74, 6) is 0.941. The molecule has 1 atom stereocenters. The zero-order chi connectivity index (χ0) is 14.5. The van der Waals surface area contributed by atoms with Crippen LogP contribution in [0.3, 0.4) is 0 Å². The van der Waals surface area contributed by atoms with Crippen LogP contribution in [-0.2, 0) is 6.42 Å². The largest absolute Gasteiger partial charge is 0.370 e. The fourth-order valence-corrected chi connectivity index (χ4v) is 2.80. The fourth-order valence-electron chi connectivity index (χ4n) is 2.80. The van der Waals surface area contributed by atoms with E-state index in [-0.39, 0.29) is 0 Å². The lowest BCUT2D eigenvalue weighted by Crippen LogP contribution is -2.19. The molecule has 0 amide bonds. The van der Waals surface area contributed by atoms with Crippen LogP contribution in [0, 0.1) is 0 Å². The van der Waals surface area contributed by atoms with Gasteiger partial charge in [0.1, 0.15) is 5.82 Å². The molecule has 5 heteroatoms. The summed E-state index contributed by atoms with van der Waals surface area (Å²) in [6.07, 6.45) is 8.53. The molecule has 21 heavy (non-hydrogen) atoms. The number of pyridine rings is 1. The third-order valence-corrected chi connectivity index (χ3v) is 3.94. The highest BCUT2D eigenvalue weighted by molar-refractivity contribution is 5.36. The van der Waals surface area contributed by atoms with E-state index in [2.05, 4.69) is 39.4 Å². The van der Waals surface area contributed by atoms with E-state index < -0.39 is 0 Å². The number of hydrogen-bond acceptors (Lipinski definition) is 5. The van der Waals surface area contributed by atoms with Gasteiger partial charge in [-0.25, -0.2) is 4.98 Å². The van der Waals surface area contributed by atoms with Gasteiger partial charge in [0.25, 0.3) is 0 Å². The Balaban J connectivity index is 1.58. The molecule has 0 aromatic carbocycles. The van der Waals surface area contributed by atoms with Crippen molar-refractivity contribution in [3.05, 3.63) is 48.2 Å². The number of nitrogens with zero attached hydrogens (tertiary/aromatic N) is 4. The van der Waals surface area contributed by atoms with Crippen LogP contribution in [0.4, 0.5) is 5.82 Å². The molecule has 1 aliphatic rings. The van der Waals surface area contributed by atoms with E-state index in [1.165, 1.54) is 18.5 Å². The van der Waals surface area contributed by atoms with Crippen LogP contribution in [0.5, 0.6) is 0 Å². The first-order valence-electron chi connectivity index (χ1n) is 7.49. The van der Waals surface area contributed by atoms with Gasteiger partial charge in [-0.15, -0.1) is 0 Å². The molecule has 110 valence electrons. The van der Waals surface area contributed by atoms with Gasteiger partial charge in [0.2, 0.25) is 0 Å². The van der Waals surface area contributed by atoms with Crippen molar-refractivity contribution in [2.24, 2.45) is 0 Å². The Hall–Kier alpha value is -2.01. The van der Waals surface area contributed by atoms with Gasteiger partial charge in [-0.1, -0.05) is 6.07 Å². The van der Waals surface area contributed by atoms with E-state index in [0.29, 0.717) is 6.04 Å². The summed E-state index contributed by atoms with van der Waals surface area (Å²) in [5.41, 5.74) is 2.16. The lowest BCUT2D eigenvalue weighted by atomic mass is 10.1. The summed E-state index contributed by atoms with van der Waals surface area (Å²) < 4.78 is 0. The van der Waals surface area contributed by atoms with E-state index in [0.717, 1.165) is 31.0 Å². The third kappa shape index (κ3) is 3.55. The highest BCUT2D eigenvalue weighted by atomic mass is 15.2. The number of likely N-dealkylation sites (tertiary alicyclic amines) is 1. The maximum absolute atomic E-state index is 4.75. The maximum atomic E-state index is 4.75. The Morgan fingerprint density at radius 3 is 3.05 bits per heavy atom. The molecule has 1 saturated heterocycles. The zero-order valence-electron chi connectivity index (χ0n) is 12.4. The number of nitrogens with one attached hydrogen (secondary N) is 1. The van der Waals surface area contributed by atoms with Crippen molar-refractivity contribution in [2.75, 3.05) is 25.5 Å². The molecular formula is C16H21N5. The van der Waals surface area contributed by atoms with Gasteiger partial charge < -0.3 is 5.32 Å². The zero-order valence-corrected chi connectivity index (χ0v) is 12.4. The smallest absolute Gasteiger partial charge is 0.126 e. The molecule has 0 aliphatic carbocycles. The van der Waals surface area contributed by atoms with Crippen LogP contribution in [0.15, 0.2) is 36.8 Å². The molecule has 0 spiro atoms. The summed E-state index contributed by atoms with van der Waals surface area (Å²) in [4.78, 5) is 15.5. The van der Waals surface area contributed by atoms with Crippen LogP contribution in [0.25, 0.3) is 0 Å². The van der Waals surface area contributed by atoms with Crippen LogP contribution in [0.2, 0.25) is 0 Å². The quantitative estimate of drug-likeness (QED) is 0.912. The Morgan fingerprint density at radius 1 is 1.33 bits per heavy atom. The topological polar surface area (TPSA) is 53.9 Å². The van der Waals surface area contributed by atoms with Gasteiger partial charge in [-0.05, 0) is 38.6 Å². The second-order valence-electron chi connectivity index (χ2n) is 5.46. The van der Waals surface area contributed by atoms with Crippen LogP contribution in [-0.4, -0.2) is 40.0 Å². The number of aromatic nitrogens is 3. The minimum Gasteiger partial charge on any atom is -0.370 e. The van der Waals surface area contributed by atoms with Crippen molar-refractivity contribution in [3.63, 3.8) is 0 Å². The predicted octanol–water partition coefficient (Wildman–Crippen LogP) is 2.29. The Kier molecular flexibility index (Phi) is 4.40. The minimum absolute atomic E-state index is 0.465. The molecule has 1 fully saturated rings. The molecule has 0 radical (unpaired) electrons. The van der Waals surface area contributed by atoms with Gasteiger partial charge in [0, 0.05) is 31.6 Å². The summed E-state index contributed by atoms with van der Waals surface area (Å²) in [7, 11) is 2.17. The summed E-state index contributed by atoms with van der Waals surface area (Å²) in [6, 6.07) is 6.70. The van der Waals surface area contributed by atoms with Crippen molar-refractivity contribution in [1.29, 1.82) is 0 Å². The van der Waals surface area contributed by atoms with Gasteiger partial charge in [-0.2, -0.15) is 0 Å². The van der Waals surface area contributed by atoms with E-state index >= 15 is 0 Å². The van der Waals surface area contributed by atoms with Crippen molar-refractivity contribution in [3.8, 4) is 0 Å². The molecule has 2 aromatic heterocycles. The van der Waals surface area contributed by atoms with E-state index in [9.17, 15) is 0 Å². The molecule has 3 rings (SSSR count). The van der Waals surface area contributed by atoms with Crippen molar-refractivity contribution in [1.82, 2.24) is 19.9 Å². The lowest BCUT2D eigenvalue weighted by Gasteiger charge is -2.19. The molecule has 5 nitrogen and oxygen atoms in total. The average Bonchev–Trinajstić information content (AvgIpc) is 2.95. The Morgan fingerprint density at radius 2 is 2.29 bits per heavy atom. The van der Waals surface area contributed by atoms with Gasteiger partial charge in [-0.3, -0.25) is 14.9 Å². The molecule has 0 saturated carbocycles. The van der Waals surface area contributed by atoms with E-state index in [1.54, 1.807) is 18.6 Å². The van der Waals surface area contributed by atoms with Crippen molar-refractivity contribution in [2.45, 2.75) is 25.3 Å². The third-order valence-electron chi connectivity index (χ3n) is 3.94. The number of hydrogen-bond donors (Lipinski definition) is 1. The second kappa shape index (κ2) is 6.63. The van der Waals surface area contributed by atoms with Gasteiger partial charge >= 0.3 is 0 Å². The monoisotopic (exact) mass is 283 g/mol. The lowest BCUT2D eigenvalue weighted by molar-refractivity contribution is 0.312. The molecule has 3 heterocycles. The first kappa shape index (κ1) is 13.9. The molecule has 2 aromatic rings. The van der Waals surface area contributed by atoms with Crippen LogP contribution < -0.4 is 5.32 Å². The molecule has 0 bridgehead atoms. The molecule has 1 aliphatic heterocycles. The maximum Gasteiger partial charge on any atom is 0.126 e. The summed E-state index contributed by atoms with van der Waals surface area (Å²) >= 11 is 0. The van der Waals surface area contributed by atoms with E-state index in [1.807, 2.05) is 6.07 Å². The highest BCUT2D eigenvalue weighted by Gasteiger charge is 2.23. The molecular weight excluding hydrogens is 262 g/mol. The standard InChI is InChI=1S/C16H21N5/c1-21-11-3-5-15(21)14-4-2-6-16(20-14)19-8-7-13-12-17-9-10-18-13/h2,4,6,9-10,12,15H,3,5,7-8,11H2,1H3,(H,19,20). The van der Waals surface area contributed by atoms with Gasteiger partial charge in [0.05, 0.1) is 17.4 Å². The summed E-state index contributed by atoms with van der Waals surface area (Å²) in [5, 5.41) is 3.37. The molecule has 1 unspecified atom stereocenters. The van der Waals surface area contributed by atoms with Crippen molar-refractivity contribution < 1.29 is 0 Å². The SMILES string of the molecule is CN1CCCC1c1cccc(NCCc2cnccn2)n1. The highest BCUT2D eigenvalue weighted by Crippen LogP contribution is 2.29. The second-order valence-corrected chi connectivity index (χ2v) is 5.46. The first-order valence-corrected chi connectivity index (χ1v) is 7.49. The summed E-state index contributed by atoms with van der Waals surface area (Å²) in [6.45, 7) is 1.98. The van der Waals surface area contributed by atoms with Crippen LogP contribution >= 0.6 is 0 Å². The van der Waals surface area contributed by atoms with Crippen LogP contribution in [0.1, 0.15) is 30.3 Å². The van der Waals surface area contributed by atoms with E-state index in [4.69, 9.17) is 4.98 Å². The predicted molar refractivity (Wildman–Crippen MR) is 83.1 cm³/mol. The molecule has 1 N–H and O–H groups in total. The normalized spacial score (nSPS) is 18.8. The Bertz CT molecular complexity index is 572. The van der Waals surface area contributed by atoms with Gasteiger partial charge in [0.15, 0.2) is 0 Å². The minimum atomic E-state index is 0.465. The number of anilines is 1. The Labute approximate surface area is 125 Å². The average molecular weight is 283 g/mol. The first-order chi connectivity index (χ1) is 10.3. The fraction of sp³-hybridized carbons (Fsp3) is 0.438. The number of rotatable bonds is 5.